The molecule has 1 aliphatic carbocycles. The van der Waals surface area contributed by atoms with E-state index in [2.05, 4.69) is 17.2 Å². The van der Waals surface area contributed by atoms with E-state index >= 15 is 0 Å². The van der Waals surface area contributed by atoms with Crippen molar-refractivity contribution < 1.29 is 9.53 Å². The number of methoxy groups -OCH3 is 1. The van der Waals surface area contributed by atoms with E-state index in [4.69, 9.17) is 4.74 Å². The number of nitrogens with one attached hydrogen (secondary N) is 1. The molecule has 3 rings (SSSR count). The van der Waals surface area contributed by atoms with Crippen molar-refractivity contribution in [3.63, 3.8) is 0 Å². The summed E-state index contributed by atoms with van der Waals surface area (Å²) in [4.78, 5) is 17.0. The first-order valence-electron chi connectivity index (χ1n) is 8.45. The van der Waals surface area contributed by atoms with Gasteiger partial charge < -0.3 is 10.1 Å². The topological polar surface area (TPSA) is 51.2 Å². The molecule has 23 heavy (non-hydrogen) atoms. The molecule has 1 fully saturated rings. The Morgan fingerprint density at radius 1 is 1.35 bits per heavy atom. The number of anilines is 1. The summed E-state index contributed by atoms with van der Waals surface area (Å²) in [5.41, 5.74) is 0.901. The summed E-state index contributed by atoms with van der Waals surface area (Å²) in [7, 11) is 1.65. The van der Waals surface area contributed by atoms with Crippen molar-refractivity contribution >= 4 is 32.6 Å². The van der Waals surface area contributed by atoms with Crippen molar-refractivity contribution in [3.8, 4) is 5.75 Å². The molecule has 1 heterocycles. The van der Waals surface area contributed by atoms with Gasteiger partial charge in [-0.15, -0.1) is 0 Å². The SMILES string of the molecule is CCCC1CCC(C(=O)Nc2nc3ccc(OC)cc3s2)CC1. The monoisotopic (exact) mass is 332 g/mol. The highest BCUT2D eigenvalue weighted by Gasteiger charge is 2.26. The number of thiazole rings is 1. The molecule has 1 aliphatic rings. The minimum Gasteiger partial charge on any atom is -0.497 e. The van der Waals surface area contributed by atoms with E-state index < -0.39 is 0 Å². The van der Waals surface area contributed by atoms with Crippen molar-refractivity contribution in [2.75, 3.05) is 12.4 Å². The summed E-state index contributed by atoms with van der Waals surface area (Å²) in [6.45, 7) is 2.24. The molecule has 0 saturated heterocycles. The third-order valence-electron chi connectivity index (χ3n) is 4.74. The summed E-state index contributed by atoms with van der Waals surface area (Å²) in [5.74, 6) is 1.91. The largest absolute Gasteiger partial charge is 0.497 e. The van der Waals surface area contributed by atoms with Gasteiger partial charge in [0.05, 0.1) is 17.3 Å². The second kappa shape index (κ2) is 7.30. The van der Waals surface area contributed by atoms with Gasteiger partial charge in [0.1, 0.15) is 5.75 Å². The van der Waals surface area contributed by atoms with Gasteiger partial charge in [-0.1, -0.05) is 31.1 Å². The molecule has 0 spiro atoms. The zero-order valence-corrected chi connectivity index (χ0v) is 14.6. The lowest BCUT2D eigenvalue weighted by atomic mass is 9.80. The minimum atomic E-state index is 0.131. The number of carbonyl (C=O) groups is 1. The molecule has 1 saturated carbocycles. The average molecular weight is 332 g/mol. The van der Waals surface area contributed by atoms with E-state index in [1.165, 1.54) is 37.0 Å². The van der Waals surface area contributed by atoms with Gasteiger partial charge in [-0.25, -0.2) is 4.98 Å². The van der Waals surface area contributed by atoms with Crippen LogP contribution in [0.5, 0.6) is 5.75 Å². The van der Waals surface area contributed by atoms with E-state index in [0.717, 1.165) is 34.7 Å². The fourth-order valence-corrected chi connectivity index (χ4v) is 4.31. The first kappa shape index (κ1) is 16.2. The molecule has 1 aromatic carbocycles. The molecule has 5 heteroatoms. The Bertz CT molecular complexity index is 675. The van der Waals surface area contributed by atoms with Crippen molar-refractivity contribution in [1.82, 2.24) is 4.98 Å². The maximum absolute atomic E-state index is 12.5. The molecular formula is C18H24N2O2S. The van der Waals surface area contributed by atoms with Crippen LogP contribution in [0.15, 0.2) is 18.2 Å². The quantitative estimate of drug-likeness (QED) is 0.851. The van der Waals surface area contributed by atoms with Crippen LogP contribution in [0.25, 0.3) is 10.2 Å². The van der Waals surface area contributed by atoms with Crippen LogP contribution in [0.1, 0.15) is 45.4 Å². The number of benzene rings is 1. The Morgan fingerprint density at radius 2 is 2.13 bits per heavy atom. The lowest BCUT2D eigenvalue weighted by molar-refractivity contribution is -0.121. The summed E-state index contributed by atoms with van der Waals surface area (Å²) in [6.07, 6.45) is 6.93. The normalized spacial score (nSPS) is 21.3. The van der Waals surface area contributed by atoms with Gasteiger partial charge in [-0.05, 0) is 49.8 Å². The predicted octanol–water partition coefficient (Wildman–Crippen LogP) is 4.85. The maximum Gasteiger partial charge on any atom is 0.229 e. The van der Waals surface area contributed by atoms with Crippen molar-refractivity contribution in [2.24, 2.45) is 11.8 Å². The van der Waals surface area contributed by atoms with Crippen LogP contribution in [0.4, 0.5) is 5.13 Å². The number of rotatable bonds is 5. The van der Waals surface area contributed by atoms with Crippen LogP contribution in [0, 0.1) is 11.8 Å². The molecular weight excluding hydrogens is 308 g/mol. The zero-order chi connectivity index (χ0) is 16.2. The summed E-state index contributed by atoms with van der Waals surface area (Å²) in [5, 5.41) is 3.70. The van der Waals surface area contributed by atoms with Crippen LogP contribution in [-0.4, -0.2) is 18.0 Å². The Hall–Kier alpha value is -1.62. The smallest absolute Gasteiger partial charge is 0.229 e. The second-order valence-electron chi connectivity index (χ2n) is 6.35. The Balaban J connectivity index is 1.62. The highest BCUT2D eigenvalue weighted by atomic mass is 32.1. The van der Waals surface area contributed by atoms with Crippen molar-refractivity contribution in [2.45, 2.75) is 45.4 Å². The lowest BCUT2D eigenvalue weighted by Crippen LogP contribution is -2.27. The molecule has 1 aromatic heterocycles. The summed E-state index contributed by atoms with van der Waals surface area (Å²) in [6, 6.07) is 5.78. The highest BCUT2D eigenvalue weighted by molar-refractivity contribution is 7.22. The van der Waals surface area contributed by atoms with Crippen molar-refractivity contribution in [1.29, 1.82) is 0 Å². The number of hydrogen-bond acceptors (Lipinski definition) is 4. The van der Waals surface area contributed by atoms with Gasteiger partial charge in [0, 0.05) is 5.92 Å². The van der Waals surface area contributed by atoms with Crippen LogP contribution < -0.4 is 10.1 Å². The number of carbonyl (C=O) groups excluding carboxylic acids is 1. The van der Waals surface area contributed by atoms with Crippen LogP contribution in [0.2, 0.25) is 0 Å². The lowest BCUT2D eigenvalue weighted by Gasteiger charge is -2.27. The molecule has 0 atom stereocenters. The number of fused-ring (bicyclic) bond motifs is 1. The molecule has 124 valence electrons. The highest BCUT2D eigenvalue weighted by Crippen LogP contribution is 2.33. The van der Waals surface area contributed by atoms with Gasteiger partial charge in [0.2, 0.25) is 5.91 Å². The van der Waals surface area contributed by atoms with Crippen LogP contribution in [-0.2, 0) is 4.79 Å². The molecule has 1 amide bonds. The molecule has 4 nitrogen and oxygen atoms in total. The van der Waals surface area contributed by atoms with Gasteiger partial charge in [0.25, 0.3) is 0 Å². The summed E-state index contributed by atoms with van der Waals surface area (Å²) < 4.78 is 6.26. The molecule has 0 radical (unpaired) electrons. The first-order valence-corrected chi connectivity index (χ1v) is 9.26. The predicted molar refractivity (Wildman–Crippen MR) is 95.2 cm³/mol. The standard InChI is InChI=1S/C18H24N2O2S/c1-3-4-12-5-7-13(8-6-12)17(21)20-18-19-15-10-9-14(22-2)11-16(15)23-18/h9-13H,3-8H2,1-2H3,(H,19,20,21). The molecule has 0 bridgehead atoms. The third kappa shape index (κ3) is 3.83. The number of ether oxygens (including phenoxy) is 1. The Labute approximate surface area is 141 Å². The van der Waals surface area contributed by atoms with Crippen LogP contribution in [0.3, 0.4) is 0 Å². The fourth-order valence-electron chi connectivity index (χ4n) is 3.41. The number of nitrogens with zero attached hydrogens (tertiary/aromatic N) is 1. The first-order chi connectivity index (χ1) is 11.2. The van der Waals surface area contributed by atoms with Crippen molar-refractivity contribution in [3.05, 3.63) is 18.2 Å². The maximum atomic E-state index is 12.5. The summed E-state index contributed by atoms with van der Waals surface area (Å²) >= 11 is 1.50. The molecule has 0 aliphatic heterocycles. The van der Waals surface area contributed by atoms with E-state index in [1.54, 1.807) is 7.11 Å². The molecule has 2 aromatic rings. The molecule has 1 N–H and O–H groups in total. The van der Waals surface area contributed by atoms with Crippen LogP contribution >= 0.6 is 11.3 Å². The van der Waals surface area contributed by atoms with E-state index in [-0.39, 0.29) is 11.8 Å². The van der Waals surface area contributed by atoms with E-state index in [9.17, 15) is 4.79 Å². The number of aromatic nitrogens is 1. The molecule has 0 unspecified atom stereocenters. The fraction of sp³-hybridized carbons (Fsp3) is 0.556. The second-order valence-corrected chi connectivity index (χ2v) is 7.38. The Morgan fingerprint density at radius 3 is 2.83 bits per heavy atom. The average Bonchev–Trinajstić information content (AvgIpc) is 2.96. The Kier molecular flexibility index (Phi) is 5.16. The van der Waals surface area contributed by atoms with Gasteiger partial charge >= 0.3 is 0 Å². The number of hydrogen-bond donors (Lipinski definition) is 1. The third-order valence-corrected chi connectivity index (χ3v) is 5.67. The van der Waals surface area contributed by atoms with Gasteiger partial charge in [-0.3, -0.25) is 4.79 Å². The zero-order valence-electron chi connectivity index (χ0n) is 13.8. The van der Waals surface area contributed by atoms with Gasteiger partial charge in [0.15, 0.2) is 5.13 Å². The van der Waals surface area contributed by atoms with Gasteiger partial charge in [-0.2, -0.15) is 0 Å². The minimum absolute atomic E-state index is 0.131. The van der Waals surface area contributed by atoms with E-state index in [0.29, 0.717) is 5.13 Å². The van der Waals surface area contributed by atoms with E-state index in [1.807, 2.05) is 18.2 Å². The number of amides is 1.